The van der Waals surface area contributed by atoms with Gasteiger partial charge in [-0.3, -0.25) is 0 Å². The molecule has 0 radical (unpaired) electrons. The van der Waals surface area contributed by atoms with E-state index in [2.05, 4.69) is 6.92 Å². The Morgan fingerprint density at radius 3 is 2.81 bits per heavy atom. The van der Waals surface area contributed by atoms with Crippen molar-refractivity contribution in [1.82, 2.24) is 0 Å². The van der Waals surface area contributed by atoms with Crippen molar-refractivity contribution in [3.8, 4) is 5.75 Å². The Balaban J connectivity index is 2.39. The topological polar surface area (TPSA) is 76.7 Å². The minimum Gasteiger partial charge on any atom is -0.479 e. The molecule has 0 bridgehead atoms. The van der Waals surface area contributed by atoms with Crippen molar-refractivity contribution in [2.24, 2.45) is 0 Å². The highest BCUT2D eigenvalue weighted by molar-refractivity contribution is 5.81. The van der Waals surface area contributed by atoms with Crippen molar-refractivity contribution in [3.63, 3.8) is 0 Å². The largest absolute Gasteiger partial charge is 0.479 e. The van der Waals surface area contributed by atoms with Gasteiger partial charge in [-0.1, -0.05) is 13.3 Å². The molecule has 0 amide bonds. The van der Waals surface area contributed by atoms with Crippen LogP contribution in [0.4, 0.5) is 0 Å². The van der Waals surface area contributed by atoms with E-state index in [1.807, 2.05) is 0 Å². The van der Waals surface area contributed by atoms with Crippen LogP contribution in [0.1, 0.15) is 32.3 Å². The van der Waals surface area contributed by atoms with E-state index in [-0.39, 0.29) is 0 Å². The molecule has 1 N–H and O–H groups in total. The Morgan fingerprint density at radius 2 is 2.14 bits per heavy atom. The number of benzene rings is 1. The molecule has 0 spiro atoms. The highest BCUT2D eigenvalue weighted by Gasteiger charge is 2.13. The van der Waals surface area contributed by atoms with Gasteiger partial charge in [0.15, 0.2) is 6.10 Å². The predicted molar refractivity (Wildman–Crippen MR) is 78.8 cm³/mol. The zero-order chi connectivity index (χ0) is 15.4. The Hall–Kier alpha value is -2.30. The fraction of sp³-hybridized carbons (Fsp3) is 0.375. The predicted octanol–water partition coefficient (Wildman–Crippen LogP) is 2.99. The maximum absolute atomic E-state index is 11.6. The third-order valence-corrected chi connectivity index (χ3v) is 3.26. The number of carboxylic acid groups (broad SMARTS) is 1. The van der Waals surface area contributed by atoms with Crippen LogP contribution in [0.25, 0.3) is 11.0 Å². The van der Waals surface area contributed by atoms with E-state index < -0.39 is 17.7 Å². The van der Waals surface area contributed by atoms with Gasteiger partial charge in [0.2, 0.25) is 0 Å². The second kappa shape index (κ2) is 6.43. The van der Waals surface area contributed by atoms with E-state index in [0.717, 1.165) is 30.2 Å². The summed E-state index contributed by atoms with van der Waals surface area (Å²) >= 11 is 0. The molecule has 0 aliphatic rings. The maximum Gasteiger partial charge on any atom is 0.344 e. The van der Waals surface area contributed by atoms with Gasteiger partial charge in [0.1, 0.15) is 11.3 Å². The summed E-state index contributed by atoms with van der Waals surface area (Å²) in [6, 6.07) is 6.56. The highest BCUT2D eigenvalue weighted by Crippen LogP contribution is 2.24. The number of rotatable bonds is 6. The average Bonchev–Trinajstić information content (AvgIpc) is 2.44. The first-order valence-electron chi connectivity index (χ1n) is 6.97. The number of aryl methyl sites for hydroxylation is 1. The van der Waals surface area contributed by atoms with E-state index in [0.29, 0.717) is 11.3 Å². The molecule has 0 unspecified atom stereocenters. The van der Waals surface area contributed by atoms with Crippen LogP contribution in [0, 0.1) is 0 Å². The molecule has 2 rings (SSSR count). The lowest BCUT2D eigenvalue weighted by Gasteiger charge is -2.11. The minimum atomic E-state index is -1.05. The van der Waals surface area contributed by atoms with E-state index in [1.54, 1.807) is 18.2 Å². The molecule has 0 aliphatic carbocycles. The molecular formula is C16H18O5. The Morgan fingerprint density at radius 1 is 1.38 bits per heavy atom. The average molecular weight is 290 g/mol. The van der Waals surface area contributed by atoms with Gasteiger partial charge in [-0.25, -0.2) is 9.59 Å². The number of ether oxygens (including phenoxy) is 1. The summed E-state index contributed by atoms with van der Waals surface area (Å²) in [6.07, 6.45) is 1.88. The van der Waals surface area contributed by atoms with Gasteiger partial charge < -0.3 is 14.3 Å². The molecule has 2 aromatic rings. The van der Waals surface area contributed by atoms with E-state index in [9.17, 15) is 9.59 Å². The smallest absolute Gasteiger partial charge is 0.344 e. The number of carboxylic acids is 1. The van der Waals surface area contributed by atoms with E-state index in [1.165, 1.54) is 13.0 Å². The zero-order valence-corrected chi connectivity index (χ0v) is 12.1. The van der Waals surface area contributed by atoms with Crippen LogP contribution in [0.3, 0.4) is 0 Å². The molecule has 0 saturated heterocycles. The summed E-state index contributed by atoms with van der Waals surface area (Å²) in [6.45, 7) is 3.53. The molecule has 5 heteroatoms. The van der Waals surface area contributed by atoms with Gasteiger partial charge >= 0.3 is 11.6 Å². The highest BCUT2D eigenvalue weighted by atomic mass is 16.5. The Bertz CT molecular complexity index is 701. The van der Waals surface area contributed by atoms with E-state index in [4.69, 9.17) is 14.3 Å². The molecule has 5 nitrogen and oxygen atoms in total. The van der Waals surface area contributed by atoms with Gasteiger partial charge in [0, 0.05) is 17.5 Å². The van der Waals surface area contributed by atoms with Crippen LogP contribution in [0.2, 0.25) is 0 Å². The first kappa shape index (κ1) is 15.1. The summed E-state index contributed by atoms with van der Waals surface area (Å²) in [4.78, 5) is 22.4. The number of fused-ring (bicyclic) bond motifs is 1. The molecule has 1 aromatic heterocycles. The van der Waals surface area contributed by atoms with Gasteiger partial charge in [-0.05, 0) is 37.5 Å². The molecule has 0 saturated carbocycles. The number of hydrogen-bond acceptors (Lipinski definition) is 4. The van der Waals surface area contributed by atoms with Crippen molar-refractivity contribution in [2.45, 2.75) is 39.2 Å². The van der Waals surface area contributed by atoms with E-state index >= 15 is 0 Å². The van der Waals surface area contributed by atoms with Crippen molar-refractivity contribution < 1.29 is 19.1 Å². The molecule has 1 aromatic carbocycles. The van der Waals surface area contributed by atoms with Crippen LogP contribution >= 0.6 is 0 Å². The summed E-state index contributed by atoms with van der Waals surface area (Å²) in [5.41, 5.74) is 0.960. The lowest BCUT2D eigenvalue weighted by atomic mass is 10.0. The molecule has 1 atom stereocenters. The van der Waals surface area contributed by atoms with Crippen LogP contribution < -0.4 is 10.4 Å². The molecule has 0 fully saturated rings. The second-order valence-electron chi connectivity index (χ2n) is 4.95. The first-order chi connectivity index (χ1) is 10.0. The van der Waals surface area contributed by atoms with Crippen molar-refractivity contribution >= 4 is 16.9 Å². The van der Waals surface area contributed by atoms with Crippen molar-refractivity contribution in [2.75, 3.05) is 0 Å². The molecule has 21 heavy (non-hydrogen) atoms. The third-order valence-electron chi connectivity index (χ3n) is 3.26. The van der Waals surface area contributed by atoms with Gasteiger partial charge in [-0.2, -0.15) is 0 Å². The van der Waals surface area contributed by atoms with Gasteiger partial charge in [0.25, 0.3) is 0 Å². The number of hydrogen-bond donors (Lipinski definition) is 1. The SMILES string of the molecule is CCCCc1cc(=O)oc2cc(O[C@@H](C)C(=O)O)ccc12. The quantitative estimate of drug-likeness (QED) is 0.828. The third kappa shape index (κ3) is 3.62. The standard InChI is InChI=1S/C16H18O5/c1-3-4-5-11-8-15(17)21-14-9-12(6-7-13(11)14)20-10(2)16(18)19/h6-10H,3-5H2,1-2H3,(H,18,19)/t10-/m0/s1. The van der Waals surface area contributed by atoms with Gasteiger partial charge in [-0.15, -0.1) is 0 Å². The summed E-state index contributed by atoms with van der Waals surface area (Å²) in [5, 5.41) is 9.70. The second-order valence-corrected chi connectivity index (χ2v) is 4.95. The van der Waals surface area contributed by atoms with Crippen LogP contribution in [0.15, 0.2) is 33.5 Å². The van der Waals surface area contributed by atoms with Crippen LogP contribution in [-0.4, -0.2) is 17.2 Å². The Kier molecular flexibility index (Phi) is 4.62. The minimum absolute atomic E-state index is 0.369. The van der Waals surface area contributed by atoms with Crippen molar-refractivity contribution in [3.05, 3.63) is 40.2 Å². The molecule has 1 heterocycles. The first-order valence-corrected chi connectivity index (χ1v) is 6.97. The fourth-order valence-electron chi connectivity index (χ4n) is 2.11. The summed E-state index contributed by atoms with van der Waals surface area (Å²) in [5.74, 6) is -0.679. The van der Waals surface area contributed by atoms with Crippen LogP contribution in [0.5, 0.6) is 5.75 Å². The summed E-state index contributed by atoms with van der Waals surface area (Å²) in [7, 11) is 0. The monoisotopic (exact) mass is 290 g/mol. The lowest BCUT2D eigenvalue weighted by molar-refractivity contribution is -0.144. The summed E-state index contributed by atoms with van der Waals surface area (Å²) < 4.78 is 10.5. The van der Waals surface area contributed by atoms with Crippen LogP contribution in [-0.2, 0) is 11.2 Å². The fourth-order valence-corrected chi connectivity index (χ4v) is 2.11. The molecule has 112 valence electrons. The number of unbranched alkanes of at least 4 members (excludes halogenated alkanes) is 1. The number of carbonyl (C=O) groups is 1. The Labute approximate surface area is 122 Å². The maximum atomic E-state index is 11.6. The molecular weight excluding hydrogens is 272 g/mol. The lowest BCUT2D eigenvalue weighted by Crippen LogP contribution is -2.22. The molecule has 0 aliphatic heterocycles. The zero-order valence-electron chi connectivity index (χ0n) is 12.1. The van der Waals surface area contributed by atoms with Crippen molar-refractivity contribution in [1.29, 1.82) is 0 Å². The normalized spacial score (nSPS) is 12.3. The van der Waals surface area contributed by atoms with Gasteiger partial charge in [0.05, 0.1) is 0 Å². The number of aliphatic carboxylic acids is 1.